The van der Waals surface area contributed by atoms with Crippen LogP contribution in [0.4, 0.5) is 0 Å². The Morgan fingerprint density at radius 2 is 2.09 bits per heavy atom. The van der Waals surface area contributed by atoms with Crippen molar-refractivity contribution in [3.63, 3.8) is 0 Å². The Bertz CT molecular complexity index is 670. The molecule has 1 atom stereocenters. The lowest BCUT2D eigenvalue weighted by Gasteiger charge is -2.15. The fourth-order valence-electron chi connectivity index (χ4n) is 2.33. The van der Waals surface area contributed by atoms with Crippen LogP contribution in [0.15, 0.2) is 29.4 Å². The molecule has 0 fully saturated rings. The summed E-state index contributed by atoms with van der Waals surface area (Å²) in [6.45, 7) is 8.24. The van der Waals surface area contributed by atoms with Crippen LogP contribution in [0.1, 0.15) is 38.1 Å². The zero-order chi connectivity index (χ0) is 16.8. The van der Waals surface area contributed by atoms with Crippen LogP contribution in [0.5, 0.6) is 0 Å². The Morgan fingerprint density at radius 3 is 2.74 bits per heavy atom. The van der Waals surface area contributed by atoms with E-state index in [1.165, 1.54) is 17.3 Å². The molecule has 0 amide bonds. The fraction of sp³-hybridized carbons (Fsp3) is 0.471. The number of benzene rings is 1. The number of esters is 1. The zero-order valence-corrected chi connectivity index (χ0v) is 14.9. The van der Waals surface area contributed by atoms with Crippen molar-refractivity contribution in [3.05, 3.63) is 35.7 Å². The smallest absolute Gasteiger partial charge is 0.319 e. The van der Waals surface area contributed by atoms with Gasteiger partial charge in [0.05, 0.1) is 6.61 Å². The van der Waals surface area contributed by atoms with E-state index in [1.54, 1.807) is 0 Å². The molecular formula is C17H23N3O2S. The molecule has 5 nitrogen and oxygen atoms in total. The van der Waals surface area contributed by atoms with Gasteiger partial charge in [-0.15, -0.1) is 10.2 Å². The highest BCUT2D eigenvalue weighted by Gasteiger charge is 2.24. The quantitative estimate of drug-likeness (QED) is 0.571. The number of hydrogen-bond donors (Lipinski definition) is 0. The number of carbonyl (C=O) groups is 1. The highest BCUT2D eigenvalue weighted by molar-refractivity contribution is 8.00. The van der Waals surface area contributed by atoms with E-state index in [2.05, 4.69) is 36.2 Å². The minimum Gasteiger partial charge on any atom is -0.465 e. The summed E-state index contributed by atoms with van der Waals surface area (Å²) in [7, 11) is 0. The van der Waals surface area contributed by atoms with Gasteiger partial charge in [0.15, 0.2) is 5.16 Å². The van der Waals surface area contributed by atoms with Crippen molar-refractivity contribution >= 4 is 17.7 Å². The van der Waals surface area contributed by atoms with E-state index in [4.69, 9.17) is 4.74 Å². The average Bonchev–Trinajstić information content (AvgIpc) is 2.88. The maximum atomic E-state index is 12.1. The largest absolute Gasteiger partial charge is 0.465 e. The van der Waals surface area contributed by atoms with Crippen LogP contribution in [-0.4, -0.2) is 32.6 Å². The van der Waals surface area contributed by atoms with Crippen LogP contribution < -0.4 is 0 Å². The van der Waals surface area contributed by atoms with Crippen LogP contribution in [0.3, 0.4) is 0 Å². The van der Waals surface area contributed by atoms with Gasteiger partial charge in [-0.3, -0.25) is 9.36 Å². The first kappa shape index (κ1) is 17.5. The predicted molar refractivity (Wildman–Crippen MR) is 92.0 cm³/mol. The molecule has 1 heterocycles. The molecule has 0 unspecified atom stereocenters. The number of aromatic nitrogens is 3. The van der Waals surface area contributed by atoms with Crippen molar-refractivity contribution in [2.75, 3.05) is 6.61 Å². The topological polar surface area (TPSA) is 57.0 Å². The van der Waals surface area contributed by atoms with Gasteiger partial charge < -0.3 is 4.74 Å². The molecule has 0 aliphatic carbocycles. The number of aryl methyl sites for hydroxylation is 2. The Morgan fingerprint density at radius 1 is 1.30 bits per heavy atom. The standard InChI is InChI=1S/C17H23N3O2S/c1-5-8-15(16(21)22-6-2)23-17-19-18-13(4)20(17)14-10-7-9-12(3)11-14/h7,9-11,15H,5-6,8H2,1-4H3/t15-/m1/s1. The Balaban J connectivity index is 2.31. The molecule has 0 saturated heterocycles. The summed E-state index contributed by atoms with van der Waals surface area (Å²) < 4.78 is 7.17. The molecule has 0 aliphatic heterocycles. The van der Waals surface area contributed by atoms with Gasteiger partial charge in [0.1, 0.15) is 11.1 Å². The SMILES string of the molecule is CCC[C@@H](Sc1nnc(C)n1-c1cccc(C)c1)C(=O)OCC. The number of hydrogen-bond acceptors (Lipinski definition) is 5. The summed E-state index contributed by atoms with van der Waals surface area (Å²) in [6.07, 6.45) is 1.66. The highest BCUT2D eigenvalue weighted by atomic mass is 32.2. The second-order valence-corrected chi connectivity index (χ2v) is 6.52. The third kappa shape index (κ3) is 4.34. The molecule has 2 aromatic rings. The molecule has 0 bridgehead atoms. The molecule has 0 aliphatic rings. The Kier molecular flexibility index (Phi) is 6.21. The molecule has 2 rings (SSSR count). The van der Waals surface area contributed by atoms with Crippen molar-refractivity contribution in [1.82, 2.24) is 14.8 Å². The highest BCUT2D eigenvalue weighted by Crippen LogP contribution is 2.29. The van der Waals surface area contributed by atoms with E-state index >= 15 is 0 Å². The van der Waals surface area contributed by atoms with E-state index in [9.17, 15) is 4.79 Å². The molecule has 6 heteroatoms. The molecular weight excluding hydrogens is 310 g/mol. The van der Waals surface area contributed by atoms with Crippen LogP contribution in [0.25, 0.3) is 5.69 Å². The summed E-state index contributed by atoms with van der Waals surface area (Å²) in [5.41, 5.74) is 2.18. The number of thioether (sulfide) groups is 1. The van der Waals surface area contributed by atoms with Crippen LogP contribution in [-0.2, 0) is 9.53 Å². The molecule has 124 valence electrons. The van der Waals surface area contributed by atoms with Gasteiger partial charge in [-0.25, -0.2) is 0 Å². The van der Waals surface area contributed by atoms with Gasteiger partial charge in [0, 0.05) is 5.69 Å². The van der Waals surface area contributed by atoms with Gasteiger partial charge in [-0.05, 0) is 44.9 Å². The third-order valence-electron chi connectivity index (χ3n) is 3.40. The maximum absolute atomic E-state index is 12.1. The van der Waals surface area contributed by atoms with E-state index in [0.717, 1.165) is 29.5 Å². The first-order valence-corrected chi connectivity index (χ1v) is 8.77. The summed E-state index contributed by atoms with van der Waals surface area (Å²) >= 11 is 1.42. The number of nitrogens with zero attached hydrogens (tertiary/aromatic N) is 3. The summed E-state index contributed by atoms with van der Waals surface area (Å²) in [5.74, 6) is 0.619. The molecule has 1 aromatic heterocycles. The van der Waals surface area contributed by atoms with Gasteiger partial charge in [0.25, 0.3) is 0 Å². The first-order chi connectivity index (χ1) is 11.1. The van der Waals surface area contributed by atoms with Gasteiger partial charge in [-0.2, -0.15) is 0 Å². The minimum absolute atomic E-state index is 0.184. The predicted octanol–water partition coefficient (Wildman–Crippen LogP) is 3.71. The van der Waals surface area contributed by atoms with Crippen LogP contribution in [0.2, 0.25) is 0 Å². The lowest BCUT2D eigenvalue weighted by Crippen LogP contribution is -2.20. The lowest BCUT2D eigenvalue weighted by molar-refractivity contribution is -0.142. The molecule has 0 radical (unpaired) electrons. The van der Waals surface area contributed by atoms with Gasteiger partial charge >= 0.3 is 5.97 Å². The summed E-state index contributed by atoms with van der Waals surface area (Å²) in [5, 5.41) is 8.90. The third-order valence-corrected chi connectivity index (χ3v) is 4.59. The van der Waals surface area contributed by atoms with E-state index < -0.39 is 0 Å². The lowest BCUT2D eigenvalue weighted by atomic mass is 10.2. The number of carbonyl (C=O) groups excluding carboxylic acids is 1. The molecule has 0 N–H and O–H groups in total. The van der Waals surface area contributed by atoms with Gasteiger partial charge in [-0.1, -0.05) is 37.2 Å². The van der Waals surface area contributed by atoms with Crippen LogP contribution in [0, 0.1) is 13.8 Å². The first-order valence-electron chi connectivity index (χ1n) is 7.89. The normalized spacial score (nSPS) is 12.2. The number of rotatable bonds is 7. The van der Waals surface area contributed by atoms with Crippen molar-refractivity contribution in [3.8, 4) is 5.69 Å². The second-order valence-electron chi connectivity index (χ2n) is 5.35. The average molecular weight is 333 g/mol. The maximum Gasteiger partial charge on any atom is 0.319 e. The van der Waals surface area contributed by atoms with Crippen molar-refractivity contribution < 1.29 is 9.53 Å². The molecule has 0 spiro atoms. The summed E-state index contributed by atoms with van der Waals surface area (Å²) in [6, 6.07) is 8.16. The minimum atomic E-state index is -0.257. The Hall–Kier alpha value is -1.82. The van der Waals surface area contributed by atoms with E-state index in [-0.39, 0.29) is 11.2 Å². The van der Waals surface area contributed by atoms with Gasteiger partial charge in [0.2, 0.25) is 0 Å². The van der Waals surface area contributed by atoms with E-state index in [1.807, 2.05) is 30.5 Å². The molecule has 23 heavy (non-hydrogen) atoms. The van der Waals surface area contributed by atoms with Crippen molar-refractivity contribution in [2.24, 2.45) is 0 Å². The summed E-state index contributed by atoms with van der Waals surface area (Å²) in [4.78, 5) is 12.1. The van der Waals surface area contributed by atoms with Crippen molar-refractivity contribution in [1.29, 1.82) is 0 Å². The van der Waals surface area contributed by atoms with Crippen LogP contribution >= 0.6 is 11.8 Å². The number of ether oxygens (including phenoxy) is 1. The second kappa shape index (κ2) is 8.15. The molecule has 1 aromatic carbocycles. The van der Waals surface area contributed by atoms with E-state index in [0.29, 0.717) is 6.61 Å². The monoisotopic (exact) mass is 333 g/mol. The Labute approximate surface area is 141 Å². The fourth-order valence-corrected chi connectivity index (χ4v) is 3.54. The molecule has 0 saturated carbocycles. The van der Waals surface area contributed by atoms with Crippen molar-refractivity contribution in [2.45, 2.75) is 50.9 Å². The zero-order valence-electron chi connectivity index (χ0n) is 14.1.